The molecule has 1 aliphatic heterocycles. The Morgan fingerprint density at radius 2 is 2.11 bits per heavy atom. The predicted molar refractivity (Wildman–Crippen MR) is 141 cm³/mol. The first kappa shape index (κ1) is 26.7. The number of likely N-dealkylation sites (tertiary alicyclic amines) is 1. The van der Waals surface area contributed by atoms with Crippen LogP contribution in [0.2, 0.25) is 5.02 Å². The van der Waals surface area contributed by atoms with Gasteiger partial charge in [0.15, 0.2) is 0 Å². The Balaban J connectivity index is 1.29. The first-order valence-electron chi connectivity index (χ1n) is 11.7. The highest BCUT2D eigenvalue weighted by molar-refractivity contribution is 7.90. The fraction of sp³-hybridized carbons (Fsp3) is 0.458. The van der Waals surface area contributed by atoms with E-state index in [9.17, 15) is 18.0 Å². The summed E-state index contributed by atoms with van der Waals surface area (Å²) in [5.41, 5.74) is 1.22. The second kappa shape index (κ2) is 11.8. The monoisotopic (exact) mass is 552 g/mol. The third kappa shape index (κ3) is 7.36. The number of hydrogen-bond acceptors (Lipinski definition) is 8. The number of carbonyl (C=O) groups is 1. The number of carbonyl (C=O) groups excluding carboxylic acids is 1. The predicted octanol–water partition coefficient (Wildman–Crippen LogP) is 2.84. The van der Waals surface area contributed by atoms with Gasteiger partial charge < -0.3 is 19.9 Å². The van der Waals surface area contributed by atoms with Crippen molar-refractivity contribution in [2.75, 3.05) is 38.2 Å². The van der Waals surface area contributed by atoms with Gasteiger partial charge in [0.25, 0.3) is 11.5 Å². The Morgan fingerprint density at radius 3 is 2.83 bits per heavy atom. The van der Waals surface area contributed by atoms with E-state index in [1.54, 1.807) is 18.2 Å². The molecule has 1 aromatic carbocycles. The van der Waals surface area contributed by atoms with Crippen molar-refractivity contribution in [2.45, 2.75) is 26.0 Å². The number of aromatic amines is 1. The minimum absolute atomic E-state index is 0.0357. The van der Waals surface area contributed by atoms with Crippen molar-refractivity contribution in [3.05, 3.63) is 62.0 Å². The van der Waals surface area contributed by atoms with E-state index in [1.807, 2.05) is 11.4 Å². The van der Waals surface area contributed by atoms with Crippen LogP contribution in [0.1, 0.15) is 34.6 Å². The maximum atomic E-state index is 12.7. The van der Waals surface area contributed by atoms with Crippen molar-refractivity contribution in [3.63, 3.8) is 0 Å². The summed E-state index contributed by atoms with van der Waals surface area (Å²) in [4.78, 5) is 34.9. The summed E-state index contributed by atoms with van der Waals surface area (Å²) in [6.45, 7) is 3.42. The number of fused-ring (bicyclic) bond motifs is 1. The summed E-state index contributed by atoms with van der Waals surface area (Å²) in [7, 11) is -2.95. The van der Waals surface area contributed by atoms with Crippen molar-refractivity contribution in [1.82, 2.24) is 20.2 Å². The van der Waals surface area contributed by atoms with E-state index in [2.05, 4.69) is 20.2 Å². The van der Waals surface area contributed by atoms with E-state index in [-0.39, 0.29) is 23.7 Å². The number of rotatable bonds is 10. The maximum Gasteiger partial charge on any atom is 0.287 e. The van der Waals surface area contributed by atoms with Crippen LogP contribution in [0.25, 0.3) is 10.2 Å². The molecule has 1 saturated heterocycles. The molecule has 0 bridgehead atoms. The fourth-order valence-electron chi connectivity index (χ4n) is 4.14. The Bertz CT molecular complexity index is 1380. The molecule has 36 heavy (non-hydrogen) atoms. The average molecular weight is 553 g/mol. The number of hydrogen-bond donors (Lipinski definition) is 2. The molecule has 0 atom stereocenters. The quantitative estimate of drug-likeness (QED) is 0.396. The third-order valence-electron chi connectivity index (χ3n) is 6.17. The van der Waals surface area contributed by atoms with Gasteiger partial charge in [-0.2, -0.15) is 0 Å². The van der Waals surface area contributed by atoms with Crippen molar-refractivity contribution >= 4 is 48.9 Å². The van der Waals surface area contributed by atoms with Crippen LogP contribution >= 0.6 is 22.9 Å². The zero-order valence-corrected chi connectivity index (χ0v) is 22.3. The molecule has 2 aromatic heterocycles. The van der Waals surface area contributed by atoms with E-state index in [1.165, 1.54) is 17.6 Å². The molecule has 3 heterocycles. The molecule has 0 unspecified atom stereocenters. The first-order valence-corrected chi connectivity index (χ1v) is 15.0. The Labute approximate surface area is 218 Å². The molecular formula is C24H29ClN4O5S2. The first-order chi connectivity index (χ1) is 17.2. The molecule has 194 valence electrons. The number of aromatic nitrogens is 2. The summed E-state index contributed by atoms with van der Waals surface area (Å²) in [6, 6.07) is 7.16. The fourth-order valence-corrected chi connectivity index (χ4v) is 5.87. The number of sulfone groups is 1. The minimum Gasteiger partial charge on any atom is -0.376 e. The highest BCUT2D eigenvalue weighted by atomic mass is 35.5. The lowest BCUT2D eigenvalue weighted by Gasteiger charge is -2.31. The smallest absolute Gasteiger partial charge is 0.287 e. The van der Waals surface area contributed by atoms with Crippen LogP contribution in [0.15, 0.2) is 34.4 Å². The molecule has 0 radical (unpaired) electrons. The van der Waals surface area contributed by atoms with Gasteiger partial charge in [-0.25, -0.2) is 13.4 Å². The molecule has 0 aliphatic carbocycles. The molecular weight excluding hydrogens is 524 g/mol. The van der Waals surface area contributed by atoms with E-state index >= 15 is 0 Å². The number of nitrogens with one attached hydrogen (secondary N) is 2. The second-order valence-electron chi connectivity index (χ2n) is 9.10. The van der Waals surface area contributed by atoms with Crippen molar-refractivity contribution < 1.29 is 17.9 Å². The number of benzene rings is 1. The summed E-state index contributed by atoms with van der Waals surface area (Å²) in [5.74, 6) is 0.0814. The molecule has 1 amide bonds. The number of H-pyrrole nitrogens is 1. The average Bonchev–Trinajstić information content (AvgIpc) is 3.25. The Kier molecular flexibility index (Phi) is 8.78. The van der Waals surface area contributed by atoms with E-state index in [0.29, 0.717) is 40.9 Å². The molecule has 0 saturated carbocycles. The van der Waals surface area contributed by atoms with Gasteiger partial charge >= 0.3 is 0 Å². The van der Waals surface area contributed by atoms with E-state index < -0.39 is 15.7 Å². The van der Waals surface area contributed by atoms with Crippen LogP contribution in [0.3, 0.4) is 0 Å². The van der Waals surface area contributed by atoms with Gasteiger partial charge in [0.1, 0.15) is 14.7 Å². The zero-order chi connectivity index (χ0) is 25.7. The lowest BCUT2D eigenvalue weighted by molar-refractivity contribution is 0.0595. The number of amides is 1. The molecule has 1 fully saturated rings. The van der Waals surface area contributed by atoms with Gasteiger partial charge in [-0.3, -0.25) is 9.59 Å². The third-order valence-corrected chi connectivity index (χ3v) is 8.25. The summed E-state index contributed by atoms with van der Waals surface area (Å²) >= 11 is 7.28. The number of ether oxygens (including phenoxy) is 1. The van der Waals surface area contributed by atoms with Crippen LogP contribution in [0.4, 0.5) is 0 Å². The molecule has 3 aromatic rings. The largest absolute Gasteiger partial charge is 0.376 e. The summed E-state index contributed by atoms with van der Waals surface area (Å²) in [6.07, 6.45) is 3.16. The van der Waals surface area contributed by atoms with Crippen molar-refractivity contribution in [1.29, 1.82) is 0 Å². The molecule has 12 heteroatoms. The van der Waals surface area contributed by atoms with Crippen LogP contribution in [0.5, 0.6) is 0 Å². The molecule has 0 spiro atoms. The molecule has 2 N–H and O–H groups in total. The minimum atomic E-state index is -2.95. The lowest BCUT2D eigenvalue weighted by atomic mass is 9.98. The van der Waals surface area contributed by atoms with Crippen molar-refractivity contribution in [2.24, 2.45) is 5.92 Å². The van der Waals surface area contributed by atoms with Gasteiger partial charge in [0.2, 0.25) is 5.82 Å². The number of halogens is 1. The van der Waals surface area contributed by atoms with Gasteiger partial charge in [-0.05, 0) is 54.9 Å². The topological polar surface area (TPSA) is 121 Å². The molecule has 1 aliphatic rings. The highest BCUT2D eigenvalue weighted by Gasteiger charge is 2.21. The molecule has 4 rings (SSSR count). The SMILES string of the molecule is CS(=O)(=O)CCN1CCC(COCc2csc3nc(C(=O)NCc4cccc(Cl)c4)[nH]c(=O)c23)CC1. The second-order valence-corrected chi connectivity index (χ2v) is 12.7. The van der Waals surface area contributed by atoms with E-state index in [4.69, 9.17) is 16.3 Å². The highest BCUT2D eigenvalue weighted by Crippen LogP contribution is 2.23. The summed E-state index contributed by atoms with van der Waals surface area (Å²) in [5, 5.41) is 5.62. The van der Waals surface area contributed by atoms with Gasteiger partial charge in [-0.1, -0.05) is 23.7 Å². The Morgan fingerprint density at radius 1 is 1.33 bits per heavy atom. The van der Waals surface area contributed by atoms with Gasteiger partial charge in [0, 0.05) is 36.5 Å². The number of nitrogens with zero attached hydrogens (tertiary/aromatic N) is 2. The zero-order valence-electron chi connectivity index (χ0n) is 20.0. The maximum absolute atomic E-state index is 12.7. The van der Waals surface area contributed by atoms with Crippen LogP contribution < -0.4 is 10.9 Å². The van der Waals surface area contributed by atoms with Gasteiger partial charge in [-0.15, -0.1) is 11.3 Å². The van der Waals surface area contributed by atoms with Crippen molar-refractivity contribution in [3.8, 4) is 0 Å². The van der Waals surface area contributed by atoms with Crippen LogP contribution in [-0.2, 0) is 27.7 Å². The van der Waals surface area contributed by atoms with E-state index in [0.717, 1.165) is 37.1 Å². The number of piperidine rings is 1. The van der Waals surface area contributed by atoms with Gasteiger partial charge in [0.05, 0.1) is 17.7 Å². The number of thiophene rings is 1. The molecule has 9 nitrogen and oxygen atoms in total. The standard InChI is InChI=1S/C24H29ClN4O5S2/c1-36(32,33)10-9-29-7-5-16(6-8-29)13-34-14-18-15-35-24-20(18)22(30)27-21(28-24)23(31)26-12-17-3-2-4-19(25)11-17/h2-4,11,15-16H,5-10,12-14H2,1H3,(H,26,31)(H,27,28,30). The van der Waals surface area contributed by atoms with Crippen LogP contribution in [-0.4, -0.2) is 67.4 Å². The lowest BCUT2D eigenvalue weighted by Crippen LogP contribution is -2.37. The Hall–Kier alpha value is -2.31. The van der Waals surface area contributed by atoms with Crippen LogP contribution in [0, 0.1) is 5.92 Å². The normalized spacial score (nSPS) is 15.4. The summed E-state index contributed by atoms with van der Waals surface area (Å²) < 4.78 is 28.6.